The molecule has 18 heavy (non-hydrogen) atoms. The van der Waals surface area contributed by atoms with E-state index in [1.165, 1.54) is 11.3 Å². The van der Waals surface area contributed by atoms with Crippen molar-refractivity contribution in [2.45, 2.75) is 32.6 Å². The molecule has 1 N–H and O–H groups in total. The van der Waals surface area contributed by atoms with E-state index >= 15 is 0 Å². The van der Waals surface area contributed by atoms with Gasteiger partial charge in [0.05, 0.1) is 12.2 Å². The van der Waals surface area contributed by atoms with Crippen molar-refractivity contribution in [3.05, 3.63) is 28.8 Å². The molecule has 3 nitrogen and oxygen atoms in total. The second kappa shape index (κ2) is 5.91. The number of hydrogen-bond donors (Lipinski definition) is 1. The van der Waals surface area contributed by atoms with E-state index in [1.54, 1.807) is 0 Å². The van der Waals surface area contributed by atoms with Gasteiger partial charge in [0, 0.05) is 30.3 Å². The average molecular weight is 269 g/mol. The summed E-state index contributed by atoms with van der Waals surface area (Å²) < 4.78 is 5.78. The van der Waals surface area contributed by atoms with E-state index in [4.69, 9.17) is 16.3 Å². The van der Waals surface area contributed by atoms with Gasteiger partial charge in [-0.1, -0.05) is 11.6 Å². The molecule has 1 aromatic carbocycles. The Labute approximate surface area is 114 Å². The number of benzene rings is 1. The van der Waals surface area contributed by atoms with Gasteiger partial charge in [-0.15, -0.1) is 0 Å². The van der Waals surface area contributed by atoms with Gasteiger partial charge in [-0.25, -0.2) is 0 Å². The number of hydrogen-bond acceptors (Lipinski definition) is 3. The highest BCUT2D eigenvalue weighted by Crippen LogP contribution is 2.27. The third-order valence-electron chi connectivity index (χ3n) is 3.17. The van der Waals surface area contributed by atoms with Crippen LogP contribution in [0.5, 0.6) is 0 Å². The van der Waals surface area contributed by atoms with E-state index in [9.17, 15) is 0 Å². The van der Waals surface area contributed by atoms with Crippen LogP contribution in [-0.2, 0) is 11.3 Å². The minimum Gasteiger partial charge on any atom is -0.372 e. The van der Waals surface area contributed by atoms with E-state index < -0.39 is 0 Å². The first kappa shape index (κ1) is 13.7. The van der Waals surface area contributed by atoms with Crippen LogP contribution in [0, 0.1) is 0 Å². The molecule has 0 saturated carbocycles. The summed E-state index contributed by atoms with van der Waals surface area (Å²) in [6, 6.07) is 6.11. The van der Waals surface area contributed by atoms with Gasteiger partial charge in [-0.2, -0.15) is 0 Å². The first-order valence-electron chi connectivity index (χ1n) is 6.43. The number of anilines is 1. The molecular formula is C14H21ClN2O. The van der Waals surface area contributed by atoms with Crippen LogP contribution < -0.4 is 10.2 Å². The predicted octanol–water partition coefficient (Wildman–Crippen LogP) is 2.67. The van der Waals surface area contributed by atoms with Crippen LogP contribution in [0.2, 0.25) is 5.02 Å². The fourth-order valence-electron chi connectivity index (χ4n) is 2.57. The Balaban J connectivity index is 2.25. The fraction of sp³-hybridized carbons (Fsp3) is 0.571. The first-order valence-corrected chi connectivity index (χ1v) is 6.81. The minimum atomic E-state index is 0.270. The molecule has 2 rings (SSSR count). The molecule has 100 valence electrons. The maximum absolute atomic E-state index is 6.08. The number of rotatable bonds is 3. The largest absolute Gasteiger partial charge is 0.372 e. The van der Waals surface area contributed by atoms with E-state index in [-0.39, 0.29) is 12.2 Å². The van der Waals surface area contributed by atoms with Crippen LogP contribution in [-0.4, -0.2) is 32.3 Å². The van der Waals surface area contributed by atoms with E-state index in [0.29, 0.717) is 0 Å². The van der Waals surface area contributed by atoms with Gasteiger partial charge in [-0.3, -0.25) is 0 Å². The number of nitrogens with zero attached hydrogens (tertiary/aromatic N) is 1. The standard InChI is InChI=1S/C14H21ClN2O/c1-10-8-17(9-11(2)18-10)14-5-4-13(15)6-12(14)7-16-3/h4-6,10-11,16H,7-9H2,1-3H3. The van der Waals surface area contributed by atoms with Crippen molar-refractivity contribution in [2.24, 2.45) is 0 Å². The SMILES string of the molecule is CNCc1cc(Cl)ccc1N1CC(C)OC(C)C1. The van der Waals surface area contributed by atoms with Crippen LogP contribution in [0.4, 0.5) is 5.69 Å². The molecule has 1 fully saturated rings. The Morgan fingerprint density at radius 1 is 1.33 bits per heavy atom. The Kier molecular flexibility index (Phi) is 4.49. The normalized spacial score (nSPS) is 24.3. The molecule has 0 amide bonds. The lowest BCUT2D eigenvalue weighted by Crippen LogP contribution is -2.45. The van der Waals surface area contributed by atoms with E-state index in [1.807, 2.05) is 19.2 Å². The molecule has 0 aliphatic carbocycles. The lowest BCUT2D eigenvalue weighted by atomic mass is 10.1. The molecule has 1 saturated heterocycles. The Morgan fingerprint density at radius 2 is 2.00 bits per heavy atom. The zero-order valence-corrected chi connectivity index (χ0v) is 12.0. The zero-order valence-electron chi connectivity index (χ0n) is 11.2. The average Bonchev–Trinajstić information content (AvgIpc) is 2.28. The molecule has 1 heterocycles. The third kappa shape index (κ3) is 3.16. The van der Waals surface area contributed by atoms with Gasteiger partial charge >= 0.3 is 0 Å². The Bertz CT molecular complexity index is 401. The van der Waals surface area contributed by atoms with Crippen molar-refractivity contribution in [1.29, 1.82) is 0 Å². The van der Waals surface area contributed by atoms with Crippen molar-refractivity contribution >= 4 is 17.3 Å². The molecule has 1 aromatic rings. The smallest absolute Gasteiger partial charge is 0.0726 e. The predicted molar refractivity (Wildman–Crippen MR) is 76.4 cm³/mol. The van der Waals surface area contributed by atoms with E-state index in [0.717, 1.165) is 24.7 Å². The quantitative estimate of drug-likeness (QED) is 0.912. The third-order valence-corrected chi connectivity index (χ3v) is 3.40. The van der Waals surface area contributed by atoms with Crippen LogP contribution in [0.1, 0.15) is 19.4 Å². The van der Waals surface area contributed by atoms with Crippen LogP contribution in [0.25, 0.3) is 0 Å². The van der Waals surface area contributed by atoms with Crippen LogP contribution >= 0.6 is 11.6 Å². The second-order valence-corrected chi connectivity index (χ2v) is 5.40. The van der Waals surface area contributed by atoms with Crippen molar-refractivity contribution < 1.29 is 4.74 Å². The lowest BCUT2D eigenvalue weighted by molar-refractivity contribution is -0.00526. The van der Waals surface area contributed by atoms with Crippen molar-refractivity contribution in [3.63, 3.8) is 0 Å². The number of ether oxygens (including phenoxy) is 1. The summed E-state index contributed by atoms with van der Waals surface area (Å²) in [7, 11) is 1.95. The fourth-order valence-corrected chi connectivity index (χ4v) is 2.76. The molecule has 0 radical (unpaired) electrons. The molecule has 2 unspecified atom stereocenters. The van der Waals surface area contributed by atoms with Crippen molar-refractivity contribution in [2.75, 3.05) is 25.0 Å². The topological polar surface area (TPSA) is 24.5 Å². The maximum Gasteiger partial charge on any atom is 0.0726 e. The van der Waals surface area contributed by atoms with Crippen LogP contribution in [0.3, 0.4) is 0 Å². The van der Waals surface area contributed by atoms with Gasteiger partial charge in [0.25, 0.3) is 0 Å². The van der Waals surface area contributed by atoms with Gasteiger partial charge in [0.2, 0.25) is 0 Å². The summed E-state index contributed by atoms with van der Waals surface area (Å²) in [4.78, 5) is 2.39. The number of halogens is 1. The first-order chi connectivity index (χ1) is 8.60. The van der Waals surface area contributed by atoms with Gasteiger partial charge < -0.3 is 15.0 Å². The zero-order chi connectivity index (χ0) is 13.1. The number of nitrogens with one attached hydrogen (secondary N) is 1. The molecule has 0 spiro atoms. The van der Waals surface area contributed by atoms with Crippen molar-refractivity contribution in [1.82, 2.24) is 5.32 Å². The highest BCUT2D eigenvalue weighted by Gasteiger charge is 2.23. The molecule has 1 aliphatic heterocycles. The summed E-state index contributed by atoms with van der Waals surface area (Å²) in [5, 5.41) is 3.99. The Morgan fingerprint density at radius 3 is 2.61 bits per heavy atom. The summed E-state index contributed by atoms with van der Waals surface area (Å²) in [5.41, 5.74) is 2.50. The lowest BCUT2D eigenvalue weighted by Gasteiger charge is -2.37. The second-order valence-electron chi connectivity index (χ2n) is 4.97. The molecule has 4 heteroatoms. The molecule has 2 atom stereocenters. The highest BCUT2D eigenvalue weighted by molar-refractivity contribution is 6.30. The number of morpholine rings is 1. The van der Waals surface area contributed by atoms with Crippen molar-refractivity contribution in [3.8, 4) is 0 Å². The van der Waals surface area contributed by atoms with E-state index in [2.05, 4.69) is 30.1 Å². The molecule has 0 bridgehead atoms. The molecular weight excluding hydrogens is 248 g/mol. The summed E-state index contributed by atoms with van der Waals surface area (Å²) in [5.74, 6) is 0. The highest BCUT2D eigenvalue weighted by atomic mass is 35.5. The molecule has 1 aliphatic rings. The van der Waals surface area contributed by atoms with Gasteiger partial charge in [0.15, 0.2) is 0 Å². The monoisotopic (exact) mass is 268 g/mol. The summed E-state index contributed by atoms with van der Waals surface area (Å²) in [6.07, 6.45) is 0.540. The minimum absolute atomic E-state index is 0.270. The Hall–Kier alpha value is -0.770. The summed E-state index contributed by atoms with van der Waals surface area (Å²) in [6.45, 7) is 6.94. The summed E-state index contributed by atoms with van der Waals surface area (Å²) >= 11 is 6.08. The van der Waals surface area contributed by atoms with Crippen LogP contribution in [0.15, 0.2) is 18.2 Å². The van der Waals surface area contributed by atoms with Gasteiger partial charge in [-0.05, 0) is 44.7 Å². The maximum atomic E-state index is 6.08. The molecule has 0 aromatic heterocycles. The van der Waals surface area contributed by atoms with Gasteiger partial charge in [0.1, 0.15) is 0 Å².